The van der Waals surface area contributed by atoms with E-state index in [-0.39, 0.29) is 0 Å². The Morgan fingerprint density at radius 3 is 2.45 bits per heavy atom. The number of hydrogen-bond acceptors (Lipinski definition) is 2. The highest BCUT2D eigenvalue weighted by Crippen LogP contribution is 2.10. The quantitative estimate of drug-likeness (QED) is 0.634. The van der Waals surface area contributed by atoms with Crippen molar-refractivity contribution in [1.82, 2.24) is 0 Å². The minimum Gasteiger partial charge on any atom is -0.480 e. The summed E-state index contributed by atoms with van der Waals surface area (Å²) >= 11 is 0. The second-order valence-corrected chi connectivity index (χ2v) is 3.04. The second kappa shape index (κ2) is 5.13. The van der Waals surface area contributed by atoms with Crippen molar-refractivity contribution < 1.29 is 9.90 Å². The fourth-order valence-corrected chi connectivity index (χ4v) is 0.792. The zero-order chi connectivity index (χ0) is 8.85. The van der Waals surface area contributed by atoms with Gasteiger partial charge in [0, 0.05) is 0 Å². The first-order valence-corrected chi connectivity index (χ1v) is 4.06. The molecule has 0 radical (unpaired) electrons. The summed E-state index contributed by atoms with van der Waals surface area (Å²) in [6, 6.07) is -0.677. The van der Waals surface area contributed by atoms with Gasteiger partial charge in [-0.15, -0.1) is 0 Å². The first kappa shape index (κ1) is 10.4. The van der Waals surface area contributed by atoms with E-state index in [1.54, 1.807) is 0 Å². The van der Waals surface area contributed by atoms with Gasteiger partial charge in [0.15, 0.2) is 0 Å². The van der Waals surface area contributed by atoms with E-state index >= 15 is 0 Å². The van der Waals surface area contributed by atoms with Crippen molar-refractivity contribution in [1.29, 1.82) is 0 Å². The lowest BCUT2D eigenvalue weighted by Gasteiger charge is -2.09. The van der Waals surface area contributed by atoms with E-state index in [0.717, 1.165) is 12.8 Å². The van der Waals surface area contributed by atoms with Crippen LogP contribution in [0, 0.1) is 5.92 Å². The summed E-state index contributed by atoms with van der Waals surface area (Å²) in [4.78, 5) is 10.3. The molecule has 3 nitrogen and oxygen atoms in total. The van der Waals surface area contributed by atoms with Crippen molar-refractivity contribution >= 4 is 5.97 Å². The van der Waals surface area contributed by atoms with Gasteiger partial charge < -0.3 is 10.8 Å². The Kier molecular flexibility index (Phi) is 4.86. The first-order valence-electron chi connectivity index (χ1n) is 4.06. The molecule has 2 atom stereocenters. The summed E-state index contributed by atoms with van der Waals surface area (Å²) in [6.45, 7) is 4.20. The third kappa shape index (κ3) is 4.79. The molecule has 0 aromatic rings. The van der Waals surface area contributed by atoms with E-state index in [1.807, 2.05) is 0 Å². The average molecular weight is 159 g/mol. The molecule has 0 aromatic heterocycles. The maximum atomic E-state index is 10.3. The van der Waals surface area contributed by atoms with Crippen LogP contribution < -0.4 is 5.73 Å². The van der Waals surface area contributed by atoms with Crippen LogP contribution in [-0.2, 0) is 4.79 Å². The van der Waals surface area contributed by atoms with Gasteiger partial charge in [-0.25, -0.2) is 0 Å². The molecular formula is C8H17NO2. The molecule has 0 spiro atoms. The maximum absolute atomic E-state index is 10.3. The predicted molar refractivity (Wildman–Crippen MR) is 44.3 cm³/mol. The topological polar surface area (TPSA) is 63.3 Å². The van der Waals surface area contributed by atoms with E-state index in [1.165, 1.54) is 0 Å². The fourth-order valence-electron chi connectivity index (χ4n) is 0.792. The van der Waals surface area contributed by atoms with Gasteiger partial charge in [0.2, 0.25) is 0 Å². The van der Waals surface area contributed by atoms with Crippen LogP contribution in [0.25, 0.3) is 0 Å². The maximum Gasteiger partial charge on any atom is 0.320 e. The normalized spacial score (nSPS) is 15.9. The van der Waals surface area contributed by atoms with E-state index < -0.39 is 12.0 Å². The third-order valence-electron chi connectivity index (χ3n) is 1.98. The summed E-state index contributed by atoms with van der Waals surface area (Å²) in [7, 11) is 0. The molecule has 0 aromatic carbocycles. The van der Waals surface area contributed by atoms with E-state index in [0.29, 0.717) is 12.3 Å². The average Bonchev–Trinajstić information content (AvgIpc) is 1.99. The van der Waals surface area contributed by atoms with Gasteiger partial charge in [0.1, 0.15) is 6.04 Å². The number of carboxylic acid groups (broad SMARTS) is 1. The van der Waals surface area contributed by atoms with Crippen LogP contribution in [0.5, 0.6) is 0 Å². The summed E-state index contributed by atoms with van der Waals surface area (Å²) in [5.41, 5.74) is 5.32. The molecule has 0 amide bonds. The van der Waals surface area contributed by atoms with Crippen LogP contribution >= 0.6 is 0 Å². The third-order valence-corrected chi connectivity index (χ3v) is 1.98. The largest absolute Gasteiger partial charge is 0.480 e. The molecule has 0 saturated heterocycles. The predicted octanol–water partition coefficient (Wildman–Crippen LogP) is 1.22. The van der Waals surface area contributed by atoms with Crippen LogP contribution in [0.3, 0.4) is 0 Å². The molecule has 11 heavy (non-hydrogen) atoms. The SMILES string of the molecule is CCC(C)CC[C@H](N)C(=O)O. The Bertz CT molecular complexity index is 125. The fraction of sp³-hybridized carbons (Fsp3) is 0.875. The van der Waals surface area contributed by atoms with Gasteiger partial charge in [0.05, 0.1) is 0 Å². The number of carbonyl (C=O) groups is 1. The molecule has 0 aliphatic rings. The molecule has 3 heteroatoms. The molecular weight excluding hydrogens is 142 g/mol. The van der Waals surface area contributed by atoms with Crippen molar-refractivity contribution in [3.63, 3.8) is 0 Å². The van der Waals surface area contributed by atoms with Crippen molar-refractivity contribution in [2.45, 2.75) is 39.2 Å². The lowest BCUT2D eigenvalue weighted by Crippen LogP contribution is -2.30. The number of hydrogen-bond donors (Lipinski definition) is 2. The Hall–Kier alpha value is -0.570. The molecule has 0 bridgehead atoms. The minimum atomic E-state index is -0.895. The van der Waals surface area contributed by atoms with Gasteiger partial charge in [-0.05, 0) is 18.8 Å². The summed E-state index contributed by atoms with van der Waals surface area (Å²) < 4.78 is 0. The van der Waals surface area contributed by atoms with Crippen LogP contribution in [0.2, 0.25) is 0 Å². The Morgan fingerprint density at radius 1 is 1.55 bits per heavy atom. The van der Waals surface area contributed by atoms with Gasteiger partial charge in [-0.3, -0.25) is 4.79 Å². The molecule has 0 aliphatic heterocycles. The standard InChI is InChI=1S/C8H17NO2/c1-3-6(2)4-5-7(9)8(10)11/h6-7H,3-5,9H2,1-2H3,(H,10,11)/t6?,7-/m0/s1. The Labute approximate surface area is 67.6 Å². The van der Waals surface area contributed by atoms with Crippen LogP contribution in [0.15, 0.2) is 0 Å². The molecule has 0 aliphatic carbocycles. The molecule has 0 fully saturated rings. The van der Waals surface area contributed by atoms with Crippen LogP contribution in [0.1, 0.15) is 33.1 Å². The molecule has 3 N–H and O–H groups in total. The van der Waals surface area contributed by atoms with Gasteiger partial charge in [-0.2, -0.15) is 0 Å². The zero-order valence-electron chi connectivity index (χ0n) is 7.21. The smallest absolute Gasteiger partial charge is 0.320 e. The number of carboxylic acids is 1. The summed E-state index contributed by atoms with van der Waals surface area (Å²) in [6.07, 6.45) is 2.58. The van der Waals surface area contributed by atoms with Crippen LogP contribution in [0.4, 0.5) is 0 Å². The molecule has 0 heterocycles. The highest BCUT2D eigenvalue weighted by atomic mass is 16.4. The lowest BCUT2D eigenvalue weighted by atomic mass is 10.00. The van der Waals surface area contributed by atoms with Gasteiger partial charge in [0.25, 0.3) is 0 Å². The van der Waals surface area contributed by atoms with Crippen LogP contribution in [-0.4, -0.2) is 17.1 Å². The number of rotatable bonds is 5. The van der Waals surface area contributed by atoms with Crippen molar-refractivity contribution in [2.24, 2.45) is 11.7 Å². The molecule has 66 valence electrons. The van der Waals surface area contributed by atoms with E-state index in [9.17, 15) is 4.79 Å². The molecule has 1 unspecified atom stereocenters. The minimum absolute atomic E-state index is 0.584. The summed E-state index contributed by atoms with van der Waals surface area (Å²) in [5.74, 6) is -0.311. The summed E-state index contributed by atoms with van der Waals surface area (Å²) in [5, 5.41) is 8.44. The Balaban J connectivity index is 3.45. The first-order chi connectivity index (χ1) is 5.07. The molecule has 0 rings (SSSR count). The highest BCUT2D eigenvalue weighted by molar-refractivity contribution is 5.72. The number of nitrogens with two attached hydrogens (primary N) is 1. The van der Waals surface area contributed by atoms with Crippen molar-refractivity contribution in [3.8, 4) is 0 Å². The van der Waals surface area contributed by atoms with Crippen molar-refractivity contribution in [2.75, 3.05) is 0 Å². The van der Waals surface area contributed by atoms with E-state index in [2.05, 4.69) is 13.8 Å². The van der Waals surface area contributed by atoms with Gasteiger partial charge >= 0.3 is 5.97 Å². The zero-order valence-corrected chi connectivity index (χ0v) is 7.21. The van der Waals surface area contributed by atoms with Crippen molar-refractivity contribution in [3.05, 3.63) is 0 Å². The monoisotopic (exact) mass is 159 g/mol. The van der Waals surface area contributed by atoms with Gasteiger partial charge in [-0.1, -0.05) is 20.3 Å². The highest BCUT2D eigenvalue weighted by Gasteiger charge is 2.11. The lowest BCUT2D eigenvalue weighted by molar-refractivity contribution is -0.138. The Morgan fingerprint density at radius 2 is 2.09 bits per heavy atom. The second-order valence-electron chi connectivity index (χ2n) is 3.04. The van der Waals surface area contributed by atoms with E-state index in [4.69, 9.17) is 10.8 Å². The number of aliphatic carboxylic acids is 1. The molecule has 0 saturated carbocycles.